The molecule has 1 atom stereocenters. The first-order valence-electron chi connectivity index (χ1n) is 6.19. The summed E-state index contributed by atoms with van der Waals surface area (Å²) >= 11 is 0. The van der Waals surface area contributed by atoms with E-state index in [2.05, 4.69) is 9.55 Å². The van der Waals surface area contributed by atoms with Gasteiger partial charge in [-0.1, -0.05) is 12.1 Å². The fourth-order valence-corrected chi connectivity index (χ4v) is 2.52. The van der Waals surface area contributed by atoms with Gasteiger partial charge in [0.05, 0.1) is 0 Å². The number of hydrogen-bond donors (Lipinski definition) is 1. The van der Waals surface area contributed by atoms with Crippen LogP contribution in [0.1, 0.15) is 12.1 Å². The predicted molar refractivity (Wildman–Crippen MR) is 66.5 cm³/mol. The molecule has 94 valence electrons. The number of aromatic nitrogens is 2. The Morgan fingerprint density at radius 2 is 2.33 bits per heavy atom. The van der Waals surface area contributed by atoms with Gasteiger partial charge in [0.1, 0.15) is 11.6 Å². The third-order valence-corrected chi connectivity index (χ3v) is 3.53. The highest BCUT2D eigenvalue weighted by Gasteiger charge is 2.21. The van der Waals surface area contributed by atoms with E-state index in [9.17, 15) is 9.50 Å². The minimum atomic E-state index is -0.251. The number of aliphatic hydroxyl groups excluding tert-OH is 1. The van der Waals surface area contributed by atoms with Gasteiger partial charge in [-0.2, -0.15) is 0 Å². The molecule has 0 fully saturated rings. The van der Waals surface area contributed by atoms with Crippen LogP contribution < -0.4 is 0 Å². The van der Waals surface area contributed by atoms with Gasteiger partial charge in [-0.05, 0) is 25.0 Å². The van der Waals surface area contributed by atoms with Crippen LogP contribution >= 0.6 is 0 Å². The molecule has 1 N–H and O–H groups in total. The third kappa shape index (κ3) is 1.93. The summed E-state index contributed by atoms with van der Waals surface area (Å²) in [5, 5.41) is 9.27. The van der Waals surface area contributed by atoms with Crippen molar-refractivity contribution in [1.82, 2.24) is 9.55 Å². The molecule has 1 unspecified atom stereocenters. The maximum atomic E-state index is 13.3. The number of imidazole rings is 1. The topological polar surface area (TPSA) is 38.1 Å². The summed E-state index contributed by atoms with van der Waals surface area (Å²) in [6.45, 7) is 0.956. The zero-order valence-corrected chi connectivity index (χ0v) is 10.0. The third-order valence-electron chi connectivity index (χ3n) is 3.53. The second-order valence-corrected chi connectivity index (χ2v) is 4.78. The van der Waals surface area contributed by atoms with E-state index in [1.54, 1.807) is 6.07 Å². The Balaban J connectivity index is 2.02. The quantitative estimate of drug-likeness (QED) is 0.882. The van der Waals surface area contributed by atoms with Crippen molar-refractivity contribution in [1.29, 1.82) is 0 Å². The zero-order valence-electron chi connectivity index (χ0n) is 10.0. The average Bonchev–Trinajstić information content (AvgIpc) is 2.81. The molecule has 0 saturated heterocycles. The maximum Gasteiger partial charge on any atom is 0.140 e. The summed E-state index contributed by atoms with van der Waals surface area (Å²) in [6, 6.07) is 6.48. The molecule has 0 bridgehead atoms. The minimum Gasteiger partial charge on any atom is -0.396 e. The monoisotopic (exact) mass is 246 g/mol. The zero-order chi connectivity index (χ0) is 12.5. The van der Waals surface area contributed by atoms with E-state index in [1.165, 1.54) is 17.8 Å². The molecule has 0 spiro atoms. The Morgan fingerprint density at radius 3 is 3.11 bits per heavy atom. The number of hydrogen-bond acceptors (Lipinski definition) is 2. The fraction of sp³-hybridized carbons (Fsp3) is 0.357. The number of halogens is 1. The summed E-state index contributed by atoms with van der Waals surface area (Å²) in [5.41, 5.74) is 1.96. The molecule has 0 amide bonds. The van der Waals surface area contributed by atoms with Crippen LogP contribution in [0.3, 0.4) is 0 Å². The fourth-order valence-electron chi connectivity index (χ4n) is 2.52. The van der Waals surface area contributed by atoms with E-state index in [0.29, 0.717) is 0 Å². The molecule has 1 aliphatic heterocycles. The van der Waals surface area contributed by atoms with Crippen LogP contribution in [0.4, 0.5) is 4.39 Å². The average molecular weight is 246 g/mol. The van der Waals surface area contributed by atoms with Gasteiger partial charge in [-0.25, -0.2) is 9.37 Å². The van der Waals surface area contributed by atoms with E-state index < -0.39 is 0 Å². The highest BCUT2D eigenvalue weighted by atomic mass is 19.1. The van der Waals surface area contributed by atoms with Gasteiger partial charge in [0.15, 0.2) is 0 Å². The van der Waals surface area contributed by atoms with Gasteiger partial charge in [0, 0.05) is 36.5 Å². The maximum absolute atomic E-state index is 13.3. The van der Waals surface area contributed by atoms with E-state index in [4.69, 9.17) is 0 Å². The number of rotatable bonds is 2. The molecular weight excluding hydrogens is 231 g/mol. The largest absolute Gasteiger partial charge is 0.396 e. The predicted octanol–water partition coefficient (Wildman–Crippen LogP) is 2.24. The first kappa shape index (κ1) is 11.4. The number of nitrogens with zero attached hydrogens (tertiary/aromatic N) is 2. The van der Waals surface area contributed by atoms with Crippen LogP contribution in [0.25, 0.3) is 11.4 Å². The molecule has 1 aliphatic rings. The Morgan fingerprint density at radius 1 is 1.44 bits per heavy atom. The molecule has 3 nitrogen and oxygen atoms in total. The standard InChI is InChI=1S/C14H15FN2O/c15-12-3-1-2-11(6-12)14-16-7-13-5-4-10(9-18)8-17(13)14/h1-3,6-7,10,18H,4-5,8-9H2. The lowest BCUT2D eigenvalue weighted by molar-refractivity contribution is 0.192. The number of fused-ring (bicyclic) bond motifs is 1. The molecule has 0 radical (unpaired) electrons. The van der Waals surface area contributed by atoms with Crippen LogP contribution in [0, 0.1) is 11.7 Å². The molecule has 18 heavy (non-hydrogen) atoms. The summed E-state index contributed by atoms with van der Waals surface area (Å²) in [4.78, 5) is 4.39. The summed E-state index contributed by atoms with van der Waals surface area (Å²) in [5.74, 6) is 0.820. The molecule has 2 aromatic rings. The molecule has 2 heterocycles. The highest BCUT2D eigenvalue weighted by molar-refractivity contribution is 5.56. The highest BCUT2D eigenvalue weighted by Crippen LogP contribution is 2.27. The van der Waals surface area contributed by atoms with Gasteiger partial charge in [-0.3, -0.25) is 0 Å². The van der Waals surface area contributed by atoms with Gasteiger partial charge in [-0.15, -0.1) is 0 Å². The van der Waals surface area contributed by atoms with Crippen molar-refractivity contribution in [2.75, 3.05) is 6.61 Å². The van der Waals surface area contributed by atoms with E-state index in [-0.39, 0.29) is 18.3 Å². The SMILES string of the molecule is OCC1CCc2cnc(-c3cccc(F)c3)n2C1. The van der Waals surface area contributed by atoms with Crippen LogP contribution in [0.2, 0.25) is 0 Å². The van der Waals surface area contributed by atoms with Crippen molar-refractivity contribution < 1.29 is 9.50 Å². The van der Waals surface area contributed by atoms with Crippen molar-refractivity contribution in [3.63, 3.8) is 0 Å². The van der Waals surface area contributed by atoms with Crippen molar-refractivity contribution in [2.45, 2.75) is 19.4 Å². The Bertz CT molecular complexity index is 565. The smallest absolute Gasteiger partial charge is 0.140 e. The molecule has 0 saturated carbocycles. The van der Waals surface area contributed by atoms with E-state index in [1.807, 2.05) is 12.3 Å². The lowest BCUT2D eigenvalue weighted by atomic mass is 9.99. The Kier molecular flexibility index (Phi) is 2.88. The Labute approximate surface area is 105 Å². The first-order valence-corrected chi connectivity index (χ1v) is 6.19. The second kappa shape index (κ2) is 4.53. The molecule has 3 rings (SSSR count). The summed E-state index contributed by atoms with van der Waals surface area (Å²) in [6.07, 6.45) is 3.77. The van der Waals surface area contributed by atoms with Crippen LogP contribution in [0.15, 0.2) is 30.5 Å². The molecule has 1 aromatic heterocycles. The van der Waals surface area contributed by atoms with Crippen molar-refractivity contribution in [3.05, 3.63) is 42.0 Å². The number of benzene rings is 1. The van der Waals surface area contributed by atoms with Crippen molar-refractivity contribution in [2.24, 2.45) is 5.92 Å². The lowest BCUT2D eigenvalue weighted by Gasteiger charge is -2.23. The van der Waals surface area contributed by atoms with Crippen molar-refractivity contribution in [3.8, 4) is 11.4 Å². The molecular formula is C14H15FN2O. The molecule has 1 aromatic carbocycles. The van der Waals surface area contributed by atoms with Crippen LogP contribution in [0.5, 0.6) is 0 Å². The van der Waals surface area contributed by atoms with E-state index in [0.717, 1.165) is 30.8 Å². The van der Waals surface area contributed by atoms with E-state index >= 15 is 0 Å². The van der Waals surface area contributed by atoms with Crippen molar-refractivity contribution >= 4 is 0 Å². The van der Waals surface area contributed by atoms with Gasteiger partial charge < -0.3 is 9.67 Å². The summed E-state index contributed by atoms with van der Waals surface area (Å²) in [7, 11) is 0. The van der Waals surface area contributed by atoms with Crippen LogP contribution in [-0.4, -0.2) is 21.3 Å². The van der Waals surface area contributed by atoms with Gasteiger partial charge in [0.25, 0.3) is 0 Å². The van der Waals surface area contributed by atoms with Gasteiger partial charge >= 0.3 is 0 Å². The normalized spacial score (nSPS) is 18.7. The second-order valence-electron chi connectivity index (χ2n) is 4.78. The number of aliphatic hydroxyl groups is 1. The minimum absolute atomic E-state index is 0.195. The van der Waals surface area contributed by atoms with Crippen LogP contribution in [-0.2, 0) is 13.0 Å². The lowest BCUT2D eigenvalue weighted by Crippen LogP contribution is -2.23. The Hall–Kier alpha value is -1.68. The molecule has 0 aliphatic carbocycles. The van der Waals surface area contributed by atoms with Gasteiger partial charge in [0.2, 0.25) is 0 Å². The summed E-state index contributed by atoms with van der Waals surface area (Å²) < 4.78 is 15.4. The first-order chi connectivity index (χ1) is 8.78. The number of aryl methyl sites for hydroxylation is 1. The molecule has 4 heteroatoms.